The molecule has 5 aromatic rings. The molecule has 1 aliphatic carbocycles. The zero-order valence-corrected chi connectivity index (χ0v) is 48.9. The van der Waals surface area contributed by atoms with Crippen molar-refractivity contribution in [2.45, 2.75) is 104 Å². The molecule has 3 N–H and O–H groups in total. The molecule has 10 rings (SSSR count). The highest BCUT2D eigenvalue weighted by Gasteiger charge is 2.49. The van der Waals surface area contributed by atoms with Crippen molar-refractivity contribution in [3.05, 3.63) is 143 Å². The quantitative estimate of drug-likeness (QED) is 0.0664. The van der Waals surface area contributed by atoms with Gasteiger partial charge in [-0.25, -0.2) is 31.3 Å². The number of anilines is 3. The van der Waals surface area contributed by atoms with Gasteiger partial charge in [-0.3, -0.25) is 29.6 Å². The zero-order chi connectivity index (χ0) is 58.0. The van der Waals surface area contributed by atoms with Crippen molar-refractivity contribution in [1.82, 2.24) is 29.7 Å². The number of piperazine rings is 2. The number of sulfonamides is 1. The van der Waals surface area contributed by atoms with Gasteiger partial charge in [-0.2, -0.15) is 13.2 Å². The molecule has 4 amide bonds. The van der Waals surface area contributed by atoms with E-state index in [2.05, 4.69) is 61.2 Å². The first-order chi connectivity index (χ1) is 39.1. The number of hydrogen-bond acceptors (Lipinski definition) is 14. The van der Waals surface area contributed by atoms with Gasteiger partial charge in [0.1, 0.15) is 10.7 Å². The smallest absolute Gasteiger partial charge is 0.380 e. The van der Waals surface area contributed by atoms with Crippen LogP contribution in [0.25, 0.3) is 5.57 Å². The highest BCUT2D eigenvalue weighted by atomic mass is 35.5. The van der Waals surface area contributed by atoms with Gasteiger partial charge in [-0.15, -0.1) is 11.8 Å². The number of carbonyl (C=O) groups excluding carboxylic acids is 3. The van der Waals surface area contributed by atoms with Crippen molar-refractivity contribution >= 4 is 83.8 Å². The average Bonchev–Trinajstić information content (AvgIpc) is 3.54. The highest BCUT2D eigenvalue weighted by molar-refractivity contribution is 7.99. The summed E-state index contributed by atoms with van der Waals surface area (Å²) in [4.78, 5) is 51.7. The number of amides is 4. The lowest BCUT2D eigenvalue weighted by atomic mass is 9.73. The van der Waals surface area contributed by atoms with Gasteiger partial charge >= 0.3 is 11.5 Å². The number of fused-ring (bicyclic) bond motifs is 2. The van der Waals surface area contributed by atoms with Crippen LogP contribution in [0.5, 0.6) is 0 Å². The van der Waals surface area contributed by atoms with Crippen LogP contribution in [-0.4, -0.2) is 143 Å². The first kappa shape index (κ1) is 59.2. The largest absolute Gasteiger partial charge is 0.501 e. The minimum atomic E-state index is -6.13. The third kappa shape index (κ3) is 14.0. The lowest BCUT2D eigenvalue weighted by Crippen LogP contribution is -2.53. The summed E-state index contributed by atoms with van der Waals surface area (Å²) >= 11 is 7.66. The molecule has 2 unspecified atom stereocenters. The van der Waals surface area contributed by atoms with E-state index in [9.17, 15) is 44.4 Å². The number of imide groups is 1. The molecular weight excluding hydrogens is 1140 g/mol. The van der Waals surface area contributed by atoms with Gasteiger partial charge in [0.05, 0.1) is 10.6 Å². The van der Waals surface area contributed by atoms with Crippen molar-refractivity contribution < 1.29 is 44.4 Å². The summed E-state index contributed by atoms with van der Waals surface area (Å²) < 4.78 is 99.9. The molecule has 4 fully saturated rings. The van der Waals surface area contributed by atoms with E-state index in [1.165, 1.54) is 45.5 Å². The fraction of sp³-hybridized carbons (Fsp3) is 0.424. The predicted octanol–water partition coefficient (Wildman–Crippen LogP) is 9.69. The Morgan fingerprint density at radius 2 is 1.55 bits per heavy atom. The van der Waals surface area contributed by atoms with Gasteiger partial charge < -0.3 is 15.1 Å². The second kappa shape index (κ2) is 24.7. The van der Waals surface area contributed by atoms with E-state index in [1.54, 1.807) is 24.4 Å². The fourth-order valence-corrected chi connectivity index (χ4v) is 15.0. The van der Waals surface area contributed by atoms with Crippen LogP contribution in [-0.2, 0) is 31.2 Å². The van der Waals surface area contributed by atoms with E-state index in [0.29, 0.717) is 42.2 Å². The minimum absolute atomic E-state index is 0.0173. The lowest BCUT2D eigenvalue weighted by Gasteiger charge is -2.41. The summed E-state index contributed by atoms with van der Waals surface area (Å²) in [6, 6.07) is 29.4. The predicted molar refractivity (Wildman–Crippen MR) is 313 cm³/mol. The number of sulfone groups is 1. The number of likely N-dealkylation sites (tertiary alicyclic amines) is 1. The molecule has 2 bridgehead atoms. The van der Waals surface area contributed by atoms with E-state index < -0.39 is 58.8 Å². The van der Waals surface area contributed by atoms with E-state index in [0.717, 1.165) is 106 Å². The Morgan fingerprint density at radius 1 is 0.841 bits per heavy atom. The number of carbonyl (C=O) groups is 3. The van der Waals surface area contributed by atoms with Crippen LogP contribution in [0, 0.1) is 5.41 Å². The minimum Gasteiger partial charge on any atom is -0.380 e. The molecule has 4 aliphatic heterocycles. The number of urea groups is 1. The molecular formula is C59H67ClF3N9O7S3. The van der Waals surface area contributed by atoms with Crippen LogP contribution in [0.3, 0.4) is 0 Å². The van der Waals surface area contributed by atoms with Gasteiger partial charge in [0, 0.05) is 123 Å². The number of aromatic nitrogens is 1. The van der Waals surface area contributed by atoms with Crippen LogP contribution < -0.4 is 25.2 Å². The third-order valence-electron chi connectivity index (χ3n) is 16.3. The number of benzene rings is 4. The summed E-state index contributed by atoms with van der Waals surface area (Å²) in [6.07, 6.45) is 7.39. The summed E-state index contributed by atoms with van der Waals surface area (Å²) in [6.45, 7) is 11.4. The number of pyridine rings is 1. The number of nitrogens with zero attached hydrogens (tertiary/aromatic N) is 6. The first-order valence-electron chi connectivity index (χ1n) is 27.6. The molecule has 0 saturated carbocycles. The second-order valence-electron chi connectivity index (χ2n) is 22.6. The Kier molecular flexibility index (Phi) is 17.8. The van der Waals surface area contributed by atoms with E-state index in [1.807, 2.05) is 53.3 Å². The lowest BCUT2D eigenvalue weighted by molar-refractivity contribution is -0.120. The SMILES string of the molecule is CC1(C)CCC(c2ccc(Cl)cc2)=C(CN2CCN(c3ccc(C(=O)NS(=O)(=O)c4ccc(N[C@H](CCN5CC6CCC(C5)N6Cc5ccc(N6CCC(=O)NC6=O)nc5)CSc5ccccc5)c(S(=O)(=O)C(F)(F)F)c4)cc3)CC2)C1. The van der Waals surface area contributed by atoms with Crippen LogP contribution in [0.1, 0.15) is 80.3 Å². The molecule has 23 heteroatoms. The maximum atomic E-state index is 14.5. The Bertz CT molecular complexity index is 3390. The zero-order valence-electron chi connectivity index (χ0n) is 45.7. The number of nitrogens with one attached hydrogen (secondary N) is 3. The third-order valence-corrected chi connectivity index (χ3v) is 20.6. The molecule has 4 aromatic carbocycles. The molecule has 0 spiro atoms. The van der Waals surface area contributed by atoms with E-state index in [-0.39, 0.29) is 41.9 Å². The number of halogens is 4. The Morgan fingerprint density at radius 3 is 2.21 bits per heavy atom. The van der Waals surface area contributed by atoms with Gasteiger partial charge in [0.25, 0.3) is 25.8 Å². The van der Waals surface area contributed by atoms with Gasteiger partial charge in [-0.1, -0.05) is 67.4 Å². The normalized spacial score (nSPS) is 20.7. The number of rotatable bonds is 19. The van der Waals surface area contributed by atoms with Gasteiger partial charge in [0.15, 0.2) is 0 Å². The molecule has 4 saturated heterocycles. The number of hydrogen-bond donors (Lipinski definition) is 3. The molecule has 0 radical (unpaired) electrons. The van der Waals surface area contributed by atoms with E-state index >= 15 is 0 Å². The first-order valence-corrected chi connectivity index (χ1v) is 32.0. The van der Waals surface area contributed by atoms with Crippen LogP contribution in [0.2, 0.25) is 5.02 Å². The van der Waals surface area contributed by atoms with Gasteiger partial charge in [-0.05, 0) is 133 Å². The summed E-state index contributed by atoms with van der Waals surface area (Å²) in [5, 5.41) is 6.10. The number of thioether (sulfide) groups is 1. The summed E-state index contributed by atoms with van der Waals surface area (Å²) in [5.74, 6) is -0.575. The van der Waals surface area contributed by atoms with Crippen LogP contribution in [0.4, 0.5) is 35.2 Å². The fourth-order valence-electron chi connectivity index (χ4n) is 11.8. The summed E-state index contributed by atoms with van der Waals surface area (Å²) in [7, 11) is -11.0. The molecule has 82 heavy (non-hydrogen) atoms. The number of alkyl halides is 3. The highest BCUT2D eigenvalue weighted by Crippen LogP contribution is 2.43. The second-order valence-corrected chi connectivity index (χ2v) is 27.8. The Balaban J connectivity index is 0.783. The van der Waals surface area contributed by atoms with Crippen molar-refractivity contribution in [2.75, 3.05) is 79.8 Å². The van der Waals surface area contributed by atoms with Gasteiger partial charge in [0.2, 0.25) is 5.91 Å². The number of allylic oxidation sites excluding steroid dienone is 1. The average molecular weight is 1200 g/mol. The van der Waals surface area contributed by atoms with E-state index in [4.69, 9.17) is 11.6 Å². The van der Waals surface area contributed by atoms with Crippen molar-refractivity contribution in [3.63, 3.8) is 0 Å². The van der Waals surface area contributed by atoms with Crippen molar-refractivity contribution in [1.29, 1.82) is 0 Å². The molecule has 1 aromatic heterocycles. The van der Waals surface area contributed by atoms with Crippen LogP contribution in [0.15, 0.2) is 136 Å². The maximum absolute atomic E-state index is 14.5. The topological polar surface area (TPSA) is 185 Å². The maximum Gasteiger partial charge on any atom is 0.501 e. The molecule has 16 nitrogen and oxygen atoms in total. The van der Waals surface area contributed by atoms with Crippen molar-refractivity contribution in [2.24, 2.45) is 5.41 Å². The molecule has 5 heterocycles. The van der Waals surface area contributed by atoms with Crippen LogP contribution >= 0.6 is 23.4 Å². The molecule has 3 atom stereocenters. The molecule has 5 aliphatic rings. The monoisotopic (exact) mass is 1200 g/mol. The molecule has 436 valence electrons. The Hall–Kier alpha value is -6.01. The Labute approximate surface area is 486 Å². The standard InChI is InChI=1S/C59H67ClF3N9O7S3/c1-58(2)25-22-51(41-9-13-44(60)14-10-41)43(33-58)36-68-28-30-70(31-29-68)46-15-11-42(12-16-46)56(74)67-82(78,79)50-19-20-52(53(32-50)81(76,77)59(61,62)63)65-45(39-80-49-6-4-3-5-7-49)23-26-69-37-47-17-18-48(38-69)72(47)35-40-8-21-54(64-34-40)71-27-24-55(73)66-57(71)75/h3-16,19-21,32,34,45,47-48,65H,17-18,22-31,33,35-39H2,1-2H3,(H,67,74)(H,66,73,75)/t45-,47?,48?/m1/s1. The summed E-state index contributed by atoms with van der Waals surface area (Å²) in [5.41, 5.74) is -0.181. The van der Waals surface area contributed by atoms with Crippen molar-refractivity contribution in [3.8, 4) is 0 Å².